The second-order valence-electron chi connectivity index (χ2n) is 9.62. The molecule has 12 heteroatoms. The van der Waals surface area contributed by atoms with Gasteiger partial charge >= 0.3 is 5.97 Å². The number of carbonyl (C=O) groups is 4. The van der Waals surface area contributed by atoms with Gasteiger partial charge in [-0.3, -0.25) is 24.2 Å². The Kier molecular flexibility index (Phi) is 9.78. The number of hydrogen-bond donors (Lipinski definition) is 3. The second kappa shape index (κ2) is 13.3. The average molecular weight is 604 g/mol. The van der Waals surface area contributed by atoms with Gasteiger partial charge in [0.1, 0.15) is 0 Å². The van der Waals surface area contributed by atoms with Crippen LogP contribution in [0.25, 0.3) is 16.2 Å². The van der Waals surface area contributed by atoms with Gasteiger partial charge in [0.15, 0.2) is 0 Å². The number of halogens is 2. The van der Waals surface area contributed by atoms with Gasteiger partial charge < -0.3 is 20.6 Å². The van der Waals surface area contributed by atoms with Crippen LogP contribution in [-0.2, 0) is 14.4 Å². The van der Waals surface area contributed by atoms with Crippen molar-refractivity contribution >= 4 is 74.4 Å². The van der Waals surface area contributed by atoms with Crippen molar-refractivity contribution in [3.63, 3.8) is 0 Å². The van der Waals surface area contributed by atoms with Crippen molar-refractivity contribution in [2.75, 3.05) is 13.1 Å². The highest BCUT2D eigenvalue weighted by Crippen LogP contribution is 2.37. The number of pyridine rings is 1. The molecular weight excluding hydrogens is 575 g/mol. The molecule has 0 radical (unpaired) electrons. The molecule has 3 N–H and O–H groups in total. The van der Waals surface area contributed by atoms with Crippen molar-refractivity contribution < 1.29 is 24.3 Å². The van der Waals surface area contributed by atoms with E-state index in [0.29, 0.717) is 40.6 Å². The molecule has 0 spiro atoms. The monoisotopic (exact) mass is 602 g/mol. The maximum atomic E-state index is 13.0. The van der Waals surface area contributed by atoms with Crippen LogP contribution in [0.2, 0.25) is 10.0 Å². The van der Waals surface area contributed by atoms with E-state index in [0.717, 1.165) is 10.1 Å². The SMILES string of the molecule is C[C@H]1CC(NC(=O)C(CNC(=O)c2cccnc2)CC(=O)O)CCN1C(=O)/C=C/c1cc2ccsc2c(Cl)c1Cl. The molecule has 1 aliphatic heterocycles. The number of carboxylic acid groups (broad SMARTS) is 1. The largest absolute Gasteiger partial charge is 0.481 e. The molecule has 4 rings (SSSR count). The summed E-state index contributed by atoms with van der Waals surface area (Å²) in [6.45, 7) is 2.18. The lowest BCUT2D eigenvalue weighted by atomic mass is 9.96. The van der Waals surface area contributed by atoms with E-state index in [2.05, 4.69) is 15.6 Å². The topological polar surface area (TPSA) is 129 Å². The number of aliphatic carboxylic acids is 1. The van der Waals surface area contributed by atoms with Crippen LogP contribution in [0.1, 0.15) is 42.1 Å². The highest BCUT2D eigenvalue weighted by atomic mass is 35.5. The van der Waals surface area contributed by atoms with E-state index < -0.39 is 30.1 Å². The molecule has 0 saturated carbocycles. The molecule has 0 bridgehead atoms. The molecule has 1 aliphatic rings. The third kappa shape index (κ3) is 7.18. The Morgan fingerprint density at radius 1 is 1.25 bits per heavy atom. The first kappa shape index (κ1) is 29.5. The predicted molar refractivity (Wildman–Crippen MR) is 156 cm³/mol. The smallest absolute Gasteiger partial charge is 0.304 e. The lowest BCUT2D eigenvalue weighted by Crippen LogP contribution is -2.52. The first-order valence-corrected chi connectivity index (χ1v) is 14.3. The normalized spacial score (nSPS) is 18.0. The number of amides is 3. The first-order valence-electron chi connectivity index (χ1n) is 12.7. The number of benzene rings is 1. The molecule has 3 aromatic rings. The zero-order valence-electron chi connectivity index (χ0n) is 21.6. The van der Waals surface area contributed by atoms with Gasteiger partial charge in [0.2, 0.25) is 11.8 Å². The van der Waals surface area contributed by atoms with Gasteiger partial charge in [-0.15, -0.1) is 11.3 Å². The lowest BCUT2D eigenvalue weighted by molar-refractivity contribution is -0.141. The van der Waals surface area contributed by atoms with E-state index in [4.69, 9.17) is 23.2 Å². The zero-order chi connectivity index (χ0) is 28.8. The fourth-order valence-electron chi connectivity index (χ4n) is 4.68. The minimum Gasteiger partial charge on any atom is -0.481 e. The van der Waals surface area contributed by atoms with E-state index in [1.165, 1.54) is 29.8 Å². The number of fused-ring (bicyclic) bond motifs is 1. The number of nitrogens with one attached hydrogen (secondary N) is 2. The quantitative estimate of drug-likeness (QED) is 0.306. The fraction of sp³-hybridized carbons (Fsp3) is 0.321. The van der Waals surface area contributed by atoms with Gasteiger partial charge in [-0.05, 0) is 66.4 Å². The molecule has 3 heterocycles. The van der Waals surface area contributed by atoms with Gasteiger partial charge in [-0.25, -0.2) is 0 Å². The minimum absolute atomic E-state index is 0.132. The van der Waals surface area contributed by atoms with Crippen LogP contribution in [0.4, 0.5) is 0 Å². The van der Waals surface area contributed by atoms with E-state index in [1.54, 1.807) is 23.1 Å². The highest BCUT2D eigenvalue weighted by molar-refractivity contribution is 7.18. The molecule has 1 fully saturated rings. The molecule has 40 heavy (non-hydrogen) atoms. The number of rotatable bonds is 9. The summed E-state index contributed by atoms with van der Waals surface area (Å²) in [5.41, 5.74) is 0.968. The van der Waals surface area contributed by atoms with Crippen molar-refractivity contribution in [1.82, 2.24) is 20.5 Å². The number of thiophene rings is 1. The average Bonchev–Trinajstić information content (AvgIpc) is 3.41. The van der Waals surface area contributed by atoms with E-state index in [-0.39, 0.29) is 24.5 Å². The summed E-state index contributed by atoms with van der Waals surface area (Å²) in [5, 5.41) is 18.6. The van der Waals surface area contributed by atoms with Crippen LogP contribution < -0.4 is 10.6 Å². The zero-order valence-corrected chi connectivity index (χ0v) is 23.9. The number of piperidine rings is 1. The fourth-order valence-corrected chi connectivity index (χ4v) is 6.12. The molecule has 9 nitrogen and oxygen atoms in total. The van der Waals surface area contributed by atoms with Gasteiger partial charge in [0.05, 0.1) is 32.6 Å². The second-order valence-corrected chi connectivity index (χ2v) is 11.3. The first-order chi connectivity index (χ1) is 19.1. The van der Waals surface area contributed by atoms with Crippen LogP contribution >= 0.6 is 34.5 Å². The Morgan fingerprint density at radius 2 is 2.05 bits per heavy atom. The van der Waals surface area contributed by atoms with E-state index in [9.17, 15) is 24.3 Å². The number of aromatic nitrogens is 1. The Bertz CT molecular complexity index is 1450. The van der Waals surface area contributed by atoms with Gasteiger partial charge in [-0.2, -0.15) is 0 Å². The predicted octanol–water partition coefficient (Wildman–Crippen LogP) is 4.63. The summed E-state index contributed by atoms with van der Waals surface area (Å²) in [4.78, 5) is 55.3. The van der Waals surface area contributed by atoms with Crippen LogP contribution in [0, 0.1) is 5.92 Å². The number of likely N-dealkylation sites (tertiary alicyclic amines) is 1. The highest BCUT2D eigenvalue weighted by Gasteiger charge is 2.31. The third-order valence-electron chi connectivity index (χ3n) is 6.79. The number of nitrogens with zero attached hydrogens (tertiary/aromatic N) is 2. The molecule has 3 atom stereocenters. The molecular formula is C28H28Cl2N4O5S. The molecule has 3 amide bonds. The van der Waals surface area contributed by atoms with Crippen LogP contribution in [0.5, 0.6) is 0 Å². The molecule has 2 aromatic heterocycles. The summed E-state index contributed by atoms with van der Waals surface area (Å²) in [6, 6.07) is 6.61. The Balaban J connectivity index is 1.33. The third-order valence-corrected chi connectivity index (χ3v) is 8.73. The standard InChI is InChI=1S/C28H28Cl2N4O5S/c1-16-11-21(33-28(39)20(13-23(36)37)15-32-27(38)19-3-2-8-31-14-19)6-9-34(16)22(35)5-4-17-12-18-7-10-40-26(18)25(30)24(17)29/h2-5,7-8,10,12,14,16,20-21H,6,9,11,13,15H2,1H3,(H,32,38)(H,33,39)(H,36,37)/b5-4+/t16-,20?,21?/m0/s1. The summed E-state index contributed by atoms with van der Waals surface area (Å²) in [5.74, 6) is -3.18. The van der Waals surface area contributed by atoms with Crippen molar-refractivity contribution in [3.8, 4) is 0 Å². The van der Waals surface area contributed by atoms with Crippen LogP contribution in [0.3, 0.4) is 0 Å². The van der Waals surface area contributed by atoms with E-state index >= 15 is 0 Å². The van der Waals surface area contributed by atoms with Crippen LogP contribution in [0.15, 0.2) is 48.1 Å². The molecule has 1 aromatic carbocycles. The van der Waals surface area contributed by atoms with Crippen molar-refractivity contribution in [3.05, 3.63) is 69.3 Å². The summed E-state index contributed by atoms with van der Waals surface area (Å²) >= 11 is 14.3. The lowest BCUT2D eigenvalue weighted by Gasteiger charge is -2.37. The summed E-state index contributed by atoms with van der Waals surface area (Å²) in [6.07, 6.45) is 6.62. The molecule has 0 aliphatic carbocycles. The van der Waals surface area contributed by atoms with Crippen LogP contribution in [-0.4, -0.2) is 63.9 Å². The van der Waals surface area contributed by atoms with Crippen molar-refractivity contribution in [1.29, 1.82) is 0 Å². The van der Waals surface area contributed by atoms with Gasteiger partial charge in [-0.1, -0.05) is 23.2 Å². The number of hydrogen-bond acceptors (Lipinski definition) is 6. The summed E-state index contributed by atoms with van der Waals surface area (Å²) < 4.78 is 0.898. The van der Waals surface area contributed by atoms with Gasteiger partial charge in [0.25, 0.3) is 5.91 Å². The Hall–Kier alpha value is -3.47. The maximum absolute atomic E-state index is 13.0. The van der Waals surface area contributed by atoms with Crippen molar-refractivity contribution in [2.45, 2.75) is 38.3 Å². The van der Waals surface area contributed by atoms with Gasteiger partial charge in [0, 0.05) is 43.6 Å². The Morgan fingerprint density at radius 3 is 2.75 bits per heavy atom. The number of carboxylic acids is 1. The summed E-state index contributed by atoms with van der Waals surface area (Å²) in [7, 11) is 0. The molecule has 210 valence electrons. The van der Waals surface area contributed by atoms with E-state index in [1.807, 2.05) is 24.4 Å². The minimum atomic E-state index is -1.14. The van der Waals surface area contributed by atoms with Crippen molar-refractivity contribution in [2.24, 2.45) is 5.92 Å². The number of carbonyl (C=O) groups excluding carboxylic acids is 3. The molecule has 2 unspecified atom stereocenters. The Labute approximate surface area is 245 Å². The maximum Gasteiger partial charge on any atom is 0.304 e. The molecule has 1 saturated heterocycles.